The van der Waals surface area contributed by atoms with Crippen LogP contribution in [0.4, 0.5) is 8.78 Å². The molecular weight excluding hydrogens is 202 g/mol. The molecule has 0 spiro atoms. The third-order valence-electron chi connectivity index (χ3n) is 1.84. The lowest BCUT2D eigenvalue weighted by atomic mass is 10.1. The van der Waals surface area contributed by atoms with Crippen molar-refractivity contribution in [3.63, 3.8) is 0 Å². The predicted molar refractivity (Wildman–Crippen MR) is 52.8 cm³/mol. The Kier molecular flexibility index (Phi) is 3.55. The molecule has 0 aliphatic heterocycles. The fourth-order valence-corrected chi connectivity index (χ4v) is 1.01. The van der Waals surface area contributed by atoms with Crippen molar-refractivity contribution in [2.45, 2.75) is 13.3 Å². The minimum absolute atomic E-state index is 0.342. The van der Waals surface area contributed by atoms with Gasteiger partial charge in [0.15, 0.2) is 0 Å². The average Bonchev–Trinajstić information content (AvgIpc) is 2.18. The molecule has 0 unspecified atom stereocenters. The number of halogens is 2. The molecule has 0 saturated heterocycles. The number of aliphatic hydroxyl groups excluding tert-OH is 1. The van der Waals surface area contributed by atoms with Gasteiger partial charge < -0.3 is 5.11 Å². The summed E-state index contributed by atoms with van der Waals surface area (Å²) in [7, 11) is 0. The summed E-state index contributed by atoms with van der Waals surface area (Å²) in [5.74, 6) is -1.84. The molecule has 0 aliphatic rings. The van der Waals surface area contributed by atoms with E-state index in [9.17, 15) is 18.7 Å². The lowest BCUT2D eigenvalue weighted by molar-refractivity contribution is -0.124. The van der Waals surface area contributed by atoms with Crippen LogP contribution in [-0.2, 0) is 4.79 Å². The van der Waals surface area contributed by atoms with E-state index < -0.39 is 18.0 Å². The number of carbonyl (C=O) groups excluding carboxylic acids is 1. The van der Waals surface area contributed by atoms with Crippen LogP contribution in [0, 0.1) is 6.92 Å². The summed E-state index contributed by atoms with van der Waals surface area (Å²) in [6, 6.07) is 6.54. The number of hydrogen-bond donors (Lipinski definition) is 1. The Morgan fingerprint density at radius 1 is 1.33 bits per heavy atom. The number of alkyl halides is 2. The van der Waals surface area contributed by atoms with Crippen molar-refractivity contribution in [2.75, 3.05) is 0 Å². The number of benzene rings is 1. The fraction of sp³-hybridized carbons (Fsp3) is 0.182. The van der Waals surface area contributed by atoms with Crippen LogP contribution in [0.2, 0.25) is 0 Å². The zero-order valence-corrected chi connectivity index (χ0v) is 8.08. The fourth-order valence-electron chi connectivity index (χ4n) is 1.01. The number of aliphatic hydroxyl groups is 1. The van der Waals surface area contributed by atoms with E-state index in [2.05, 4.69) is 0 Å². The lowest BCUT2D eigenvalue weighted by Crippen LogP contribution is -2.06. The molecule has 0 heterocycles. The zero-order valence-electron chi connectivity index (χ0n) is 8.08. The van der Waals surface area contributed by atoms with Crippen LogP contribution in [0.5, 0.6) is 0 Å². The minimum atomic E-state index is -3.09. The molecule has 1 rings (SSSR count). The van der Waals surface area contributed by atoms with Gasteiger partial charge in [-0.05, 0) is 6.92 Å². The first-order valence-corrected chi connectivity index (χ1v) is 4.30. The quantitative estimate of drug-likeness (QED) is 0.617. The third-order valence-corrected chi connectivity index (χ3v) is 1.84. The summed E-state index contributed by atoms with van der Waals surface area (Å²) < 4.78 is 23.7. The Morgan fingerprint density at radius 2 is 1.87 bits per heavy atom. The highest BCUT2D eigenvalue weighted by atomic mass is 19.3. The number of rotatable bonds is 3. The second-order valence-electron chi connectivity index (χ2n) is 3.10. The molecule has 0 fully saturated rings. The molecule has 0 aliphatic carbocycles. The van der Waals surface area contributed by atoms with E-state index >= 15 is 0 Å². The number of aryl methyl sites for hydroxylation is 1. The Morgan fingerprint density at radius 3 is 2.33 bits per heavy atom. The van der Waals surface area contributed by atoms with E-state index in [-0.39, 0.29) is 0 Å². The van der Waals surface area contributed by atoms with Crippen molar-refractivity contribution in [1.29, 1.82) is 0 Å². The van der Waals surface area contributed by atoms with Crippen LogP contribution >= 0.6 is 0 Å². The maximum atomic E-state index is 11.9. The second kappa shape index (κ2) is 4.68. The van der Waals surface area contributed by atoms with E-state index in [4.69, 9.17) is 0 Å². The highest BCUT2D eigenvalue weighted by Crippen LogP contribution is 2.13. The molecule has 4 heteroatoms. The number of allylic oxidation sites excluding steroid dienone is 1. The maximum Gasteiger partial charge on any atom is 0.300 e. The zero-order chi connectivity index (χ0) is 11.4. The Labute approximate surface area is 85.9 Å². The van der Waals surface area contributed by atoms with Crippen molar-refractivity contribution in [1.82, 2.24) is 0 Å². The van der Waals surface area contributed by atoms with Gasteiger partial charge in [-0.25, -0.2) is 8.78 Å². The Bertz CT molecular complexity index is 380. The van der Waals surface area contributed by atoms with Crippen molar-refractivity contribution in [2.24, 2.45) is 0 Å². The number of ketones is 1. The molecule has 15 heavy (non-hydrogen) atoms. The lowest BCUT2D eigenvalue weighted by Gasteiger charge is -2.00. The van der Waals surface area contributed by atoms with E-state index in [0.717, 1.165) is 5.56 Å². The largest absolute Gasteiger partial charge is 0.507 e. The summed E-state index contributed by atoms with van der Waals surface area (Å²) in [6.07, 6.45) is -2.55. The standard InChI is InChI=1S/C11H10F2O2/c1-7-2-4-8(5-3-7)9(14)6-10(15)11(12)13/h2-6,11,14H,1H3/b9-6-. The maximum absolute atomic E-state index is 11.9. The summed E-state index contributed by atoms with van der Waals surface area (Å²) >= 11 is 0. The van der Waals surface area contributed by atoms with Crippen molar-refractivity contribution < 1.29 is 18.7 Å². The first-order valence-electron chi connectivity index (χ1n) is 4.30. The van der Waals surface area contributed by atoms with Gasteiger partial charge in [-0.3, -0.25) is 4.79 Å². The second-order valence-corrected chi connectivity index (χ2v) is 3.10. The molecule has 0 amide bonds. The van der Waals surface area contributed by atoms with Crippen LogP contribution in [0.25, 0.3) is 5.76 Å². The van der Waals surface area contributed by atoms with Gasteiger partial charge in [0.2, 0.25) is 5.78 Å². The summed E-state index contributed by atoms with van der Waals surface area (Å²) in [6.45, 7) is 1.86. The van der Waals surface area contributed by atoms with Gasteiger partial charge in [0.1, 0.15) is 5.76 Å². The highest BCUT2D eigenvalue weighted by molar-refractivity contribution is 5.97. The van der Waals surface area contributed by atoms with Crippen LogP contribution in [0.1, 0.15) is 11.1 Å². The summed E-state index contributed by atoms with van der Waals surface area (Å²) in [5, 5.41) is 9.34. The summed E-state index contributed by atoms with van der Waals surface area (Å²) in [5.41, 5.74) is 1.32. The van der Waals surface area contributed by atoms with E-state index in [1.165, 1.54) is 0 Å². The molecule has 0 saturated carbocycles. The Hall–Kier alpha value is -1.71. The van der Waals surface area contributed by atoms with E-state index in [0.29, 0.717) is 11.6 Å². The monoisotopic (exact) mass is 212 g/mol. The van der Waals surface area contributed by atoms with Gasteiger partial charge in [-0.1, -0.05) is 29.8 Å². The molecule has 0 radical (unpaired) electrons. The van der Waals surface area contributed by atoms with Crippen molar-refractivity contribution >= 4 is 11.5 Å². The van der Waals surface area contributed by atoms with Gasteiger partial charge in [-0.2, -0.15) is 0 Å². The smallest absolute Gasteiger partial charge is 0.300 e. The van der Waals surface area contributed by atoms with Crippen LogP contribution in [-0.4, -0.2) is 17.3 Å². The molecule has 1 N–H and O–H groups in total. The summed E-state index contributed by atoms with van der Waals surface area (Å²) in [4.78, 5) is 10.6. The Balaban J connectivity index is 2.89. The topological polar surface area (TPSA) is 37.3 Å². The van der Waals surface area contributed by atoms with E-state index in [1.807, 2.05) is 6.92 Å². The predicted octanol–water partition coefficient (Wildman–Crippen LogP) is 2.73. The molecule has 0 bridgehead atoms. The van der Waals surface area contributed by atoms with Crippen molar-refractivity contribution in [3.05, 3.63) is 41.5 Å². The number of hydrogen-bond acceptors (Lipinski definition) is 2. The minimum Gasteiger partial charge on any atom is -0.507 e. The molecule has 1 aromatic rings. The van der Waals surface area contributed by atoms with Crippen LogP contribution in [0.15, 0.2) is 30.3 Å². The molecule has 1 aromatic carbocycles. The first-order chi connectivity index (χ1) is 7.00. The SMILES string of the molecule is Cc1ccc(/C(O)=C/C(=O)C(F)F)cc1. The molecule has 80 valence electrons. The number of carbonyl (C=O) groups is 1. The van der Waals surface area contributed by atoms with E-state index in [1.54, 1.807) is 24.3 Å². The normalized spacial score (nSPS) is 11.9. The molecular formula is C11H10F2O2. The van der Waals surface area contributed by atoms with Gasteiger partial charge in [0.25, 0.3) is 6.43 Å². The van der Waals surface area contributed by atoms with Gasteiger partial charge >= 0.3 is 0 Å². The van der Waals surface area contributed by atoms with Crippen molar-refractivity contribution in [3.8, 4) is 0 Å². The highest BCUT2D eigenvalue weighted by Gasteiger charge is 2.13. The molecule has 0 atom stereocenters. The van der Waals surface area contributed by atoms with Gasteiger partial charge in [0.05, 0.1) is 0 Å². The van der Waals surface area contributed by atoms with Crippen LogP contribution < -0.4 is 0 Å². The van der Waals surface area contributed by atoms with Gasteiger partial charge in [-0.15, -0.1) is 0 Å². The molecule has 0 aromatic heterocycles. The average molecular weight is 212 g/mol. The first kappa shape index (κ1) is 11.4. The van der Waals surface area contributed by atoms with Crippen LogP contribution in [0.3, 0.4) is 0 Å². The van der Waals surface area contributed by atoms with Gasteiger partial charge in [0, 0.05) is 11.6 Å². The third kappa shape index (κ3) is 3.16. The molecule has 2 nitrogen and oxygen atoms in total.